The van der Waals surface area contributed by atoms with Crippen molar-refractivity contribution >= 4 is 26.2 Å². The summed E-state index contributed by atoms with van der Waals surface area (Å²) >= 11 is 0. The molecule has 0 aliphatic rings. The molecule has 0 spiro atoms. The van der Waals surface area contributed by atoms with Gasteiger partial charge in [0.05, 0.1) is 68.9 Å². The van der Waals surface area contributed by atoms with Crippen LogP contribution in [0, 0.1) is 5.41 Å². The molecular formula is C34H60O11Si. The van der Waals surface area contributed by atoms with E-state index in [1.165, 1.54) is 37.0 Å². The van der Waals surface area contributed by atoms with Crippen molar-refractivity contribution in [3.8, 4) is 0 Å². The Bertz CT molecular complexity index is 844. The summed E-state index contributed by atoms with van der Waals surface area (Å²) in [7, 11) is -1.69. The van der Waals surface area contributed by atoms with Gasteiger partial charge in [0.1, 0.15) is 19.8 Å². The van der Waals surface area contributed by atoms with Gasteiger partial charge in [-0.3, -0.25) is 0 Å². The number of ether oxygens (including phenoxy) is 7. The highest BCUT2D eigenvalue weighted by Crippen LogP contribution is 2.36. The molecule has 0 aromatic rings. The smallest absolute Gasteiger partial charge is 0.333 e. The molecule has 0 bridgehead atoms. The van der Waals surface area contributed by atoms with E-state index in [1.54, 1.807) is 20.8 Å². The van der Waals surface area contributed by atoms with E-state index in [-0.39, 0.29) is 51.3 Å². The predicted molar refractivity (Wildman–Crippen MR) is 179 cm³/mol. The summed E-state index contributed by atoms with van der Waals surface area (Å²) in [5.74, 6) is -1.60. The maximum atomic E-state index is 11.7. The number of carbonyl (C=O) groups is 3. The Kier molecular flexibility index (Phi) is 23.7. The quantitative estimate of drug-likeness (QED) is 0.0233. The van der Waals surface area contributed by atoms with Crippen molar-refractivity contribution in [2.75, 3.05) is 59.5 Å². The number of esters is 3. The number of unbranched alkanes of at least 4 members (excludes halogenated alkanes) is 5. The van der Waals surface area contributed by atoms with Crippen molar-refractivity contribution in [3.63, 3.8) is 0 Å². The Morgan fingerprint density at radius 1 is 0.565 bits per heavy atom. The van der Waals surface area contributed by atoms with Gasteiger partial charge in [0.25, 0.3) is 0 Å². The van der Waals surface area contributed by atoms with Gasteiger partial charge in [0.15, 0.2) is 8.32 Å². The molecule has 0 atom stereocenters. The maximum absolute atomic E-state index is 11.7. The molecule has 266 valence electrons. The molecule has 0 fully saturated rings. The fourth-order valence-corrected chi connectivity index (χ4v) is 4.74. The Labute approximate surface area is 278 Å². The normalized spacial score (nSPS) is 12.5. The standard InChI is InChI=1S/C34H60O11Si/c1-9-42-30(35)18-23-39-27-34(28-40-24-19-31(36)43-10-2,29-41-25-20-32(37)44-11-3)26-38-21-16-14-12-13-15-17-22-45-46(7,8)33(4,5)6/h18-20,23-25H,9-17,21-22,26-29H2,1-8H3/b23-18-,24-19-,25-20+. The second-order valence-electron chi connectivity index (χ2n) is 12.4. The van der Waals surface area contributed by atoms with Gasteiger partial charge >= 0.3 is 17.9 Å². The molecule has 46 heavy (non-hydrogen) atoms. The SMILES string of the molecule is CCOC(=O)/C=C\OCC(CO/C=C\C(=O)OCC)(CO/C=C/C(=O)OCC)COCCCCCCCCO[Si](C)(C)C(C)(C)C. The van der Waals surface area contributed by atoms with Crippen molar-refractivity contribution in [2.24, 2.45) is 5.41 Å². The van der Waals surface area contributed by atoms with E-state index in [0.717, 1.165) is 45.1 Å². The summed E-state index contributed by atoms with van der Waals surface area (Å²) in [4.78, 5) is 35.1. The first-order valence-electron chi connectivity index (χ1n) is 16.4. The lowest BCUT2D eigenvalue weighted by Gasteiger charge is -2.36. The Morgan fingerprint density at radius 3 is 1.30 bits per heavy atom. The van der Waals surface area contributed by atoms with Crippen LogP contribution >= 0.6 is 0 Å². The third kappa shape index (κ3) is 21.8. The molecule has 0 heterocycles. The van der Waals surface area contributed by atoms with Crippen LogP contribution in [-0.2, 0) is 52.0 Å². The average Bonchev–Trinajstić information content (AvgIpc) is 2.98. The van der Waals surface area contributed by atoms with Crippen LogP contribution in [-0.4, -0.2) is 85.7 Å². The van der Waals surface area contributed by atoms with Crippen LogP contribution in [0.3, 0.4) is 0 Å². The third-order valence-corrected chi connectivity index (χ3v) is 11.8. The molecule has 0 aromatic carbocycles. The van der Waals surface area contributed by atoms with Gasteiger partial charge in [-0.2, -0.15) is 0 Å². The molecule has 11 nitrogen and oxygen atoms in total. The monoisotopic (exact) mass is 672 g/mol. The summed E-state index contributed by atoms with van der Waals surface area (Å²) in [6.07, 6.45) is 13.7. The minimum Gasteiger partial charge on any atom is -0.500 e. The van der Waals surface area contributed by atoms with Gasteiger partial charge in [0.2, 0.25) is 0 Å². The van der Waals surface area contributed by atoms with E-state index < -0.39 is 31.6 Å². The molecule has 0 aliphatic carbocycles. The fourth-order valence-electron chi connectivity index (χ4n) is 3.65. The summed E-state index contributed by atoms with van der Waals surface area (Å²) in [5.41, 5.74) is -0.874. The van der Waals surface area contributed by atoms with Crippen molar-refractivity contribution in [3.05, 3.63) is 37.0 Å². The van der Waals surface area contributed by atoms with Gasteiger partial charge in [-0.25, -0.2) is 14.4 Å². The minimum absolute atomic E-state index is 0.0420. The molecule has 0 radical (unpaired) electrons. The highest BCUT2D eigenvalue weighted by atomic mass is 28.4. The van der Waals surface area contributed by atoms with E-state index in [1.807, 2.05) is 0 Å². The number of hydrogen-bond acceptors (Lipinski definition) is 11. The average molecular weight is 673 g/mol. The van der Waals surface area contributed by atoms with E-state index >= 15 is 0 Å². The summed E-state index contributed by atoms with van der Waals surface area (Å²) < 4.78 is 44.0. The van der Waals surface area contributed by atoms with Crippen molar-refractivity contribution in [1.82, 2.24) is 0 Å². The molecular weight excluding hydrogens is 612 g/mol. The first-order valence-corrected chi connectivity index (χ1v) is 19.3. The Hall–Kier alpha value is -2.83. The van der Waals surface area contributed by atoms with Crippen LogP contribution in [0.4, 0.5) is 0 Å². The van der Waals surface area contributed by atoms with E-state index in [4.69, 9.17) is 37.6 Å². The zero-order valence-corrected chi connectivity index (χ0v) is 30.6. The van der Waals surface area contributed by atoms with Crippen molar-refractivity contribution in [1.29, 1.82) is 0 Å². The summed E-state index contributed by atoms with van der Waals surface area (Å²) in [5, 5.41) is 0.229. The summed E-state index contributed by atoms with van der Waals surface area (Å²) in [6.45, 7) is 18.9. The molecule has 0 unspecified atom stereocenters. The second-order valence-corrected chi connectivity index (χ2v) is 17.2. The largest absolute Gasteiger partial charge is 0.500 e. The van der Waals surface area contributed by atoms with E-state index in [9.17, 15) is 14.4 Å². The van der Waals surface area contributed by atoms with Crippen LogP contribution in [0.1, 0.15) is 80.1 Å². The Balaban J connectivity index is 5.11. The van der Waals surface area contributed by atoms with E-state index in [2.05, 4.69) is 33.9 Å². The van der Waals surface area contributed by atoms with Crippen molar-refractivity contribution < 1.29 is 52.0 Å². The van der Waals surface area contributed by atoms with Crippen LogP contribution < -0.4 is 0 Å². The van der Waals surface area contributed by atoms with Crippen molar-refractivity contribution in [2.45, 2.75) is 98.2 Å². The molecule has 0 aliphatic heterocycles. The second kappa shape index (κ2) is 25.3. The molecule has 0 saturated heterocycles. The molecule has 0 aromatic heterocycles. The third-order valence-electron chi connectivity index (χ3n) is 7.29. The first-order chi connectivity index (χ1) is 21.8. The van der Waals surface area contributed by atoms with Gasteiger partial charge in [-0.05, 0) is 51.7 Å². The van der Waals surface area contributed by atoms with Crippen LogP contribution in [0.2, 0.25) is 18.1 Å². The lowest BCUT2D eigenvalue weighted by molar-refractivity contribution is -0.138. The van der Waals surface area contributed by atoms with Crippen LogP contribution in [0.15, 0.2) is 37.0 Å². The van der Waals surface area contributed by atoms with Gasteiger partial charge in [0, 0.05) is 13.2 Å². The molecule has 12 heteroatoms. The first kappa shape index (κ1) is 43.2. The maximum Gasteiger partial charge on any atom is 0.333 e. The summed E-state index contributed by atoms with van der Waals surface area (Å²) in [6, 6.07) is 0. The molecule has 0 rings (SSSR count). The zero-order chi connectivity index (χ0) is 34.7. The van der Waals surface area contributed by atoms with Crippen LogP contribution in [0.25, 0.3) is 0 Å². The Morgan fingerprint density at radius 2 is 0.935 bits per heavy atom. The van der Waals surface area contributed by atoms with Gasteiger partial charge in [-0.15, -0.1) is 0 Å². The molecule has 0 saturated carbocycles. The predicted octanol–water partition coefficient (Wildman–Crippen LogP) is 6.63. The minimum atomic E-state index is -1.69. The number of carbonyl (C=O) groups excluding carboxylic acids is 3. The molecule has 0 amide bonds. The number of hydrogen-bond donors (Lipinski definition) is 0. The number of rotatable bonds is 27. The highest BCUT2D eigenvalue weighted by molar-refractivity contribution is 6.74. The fraction of sp³-hybridized carbons (Fsp3) is 0.735. The van der Waals surface area contributed by atoms with Gasteiger partial charge in [-0.1, -0.05) is 46.5 Å². The van der Waals surface area contributed by atoms with E-state index in [0.29, 0.717) is 6.61 Å². The highest BCUT2D eigenvalue weighted by Gasteiger charge is 2.37. The zero-order valence-electron chi connectivity index (χ0n) is 29.6. The molecule has 0 N–H and O–H groups in total. The lowest BCUT2D eigenvalue weighted by Crippen LogP contribution is -2.40. The topological polar surface area (TPSA) is 125 Å². The lowest BCUT2D eigenvalue weighted by atomic mass is 9.92. The van der Waals surface area contributed by atoms with Crippen LogP contribution in [0.5, 0.6) is 0 Å². The van der Waals surface area contributed by atoms with Gasteiger partial charge < -0.3 is 37.6 Å².